The van der Waals surface area contributed by atoms with E-state index in [1.54, 1.807) is 63.2 Å². The van der Waals surface area contributed by atoms with Gasteiger partial charge in [0, 0.05) is 0 Å². The number of ether oxygens (including phenoxy) is 6. The fourth-order valence-electron chi connectivity index (χ4n) is 5.28. The molecule has 0 saturated heterocycles. The number of aromatic nitrogens is 1. The number of methoxy groups -OCH3 is 2. The van der Waals surface area contributed by atoms with Gasteiger partial charge in [0.1, 0.15) is 6.61 Å². The summed E-state index contributed by atoms with van der Waals surface area (Å²) in [6.07, 6.45) is 1.74. The van der Waals surface area contributed by atoms with Gasteiger partial charge in [-0.1, -0.05) is 46.7 Å². The van der Waals surface area contributed by atoms with Crippen LogP contribution in [0.15, 0.2) is 69.6 Å². The first-order chi connectivity index (χ1) is 24.5. The van der Waals surface area contributed by atoms with Gasteiger partial charge in [0.2, 0.25) is 0 Å². The van der Waals surface area contributed by atoms with Gasteiger partial charge in [-0.2, -0.15) is 0 Å². The molecule has 1 aliphatic heterocycles. The number of carbonyl (C=O) groups is 2. The van der Waals surface area contributed by atoms with Gasteiger partial charge in [0.05, 0.1) is 62.9 Å². The minimum absolute atomic E-state index is 0.130. The van der Waals surface area contributed by atoms with Crippen molar-refractivity contribution >= 4 is 75.1 Å². The Morgan fingerprint density at radius 3 is 2.43 bits per heavy atom. The Morgan fingerprint density at radius 2 is 1.75 bits per heavy atom. The van der Waals surface area contributed by atoms with E-state index >= 15 is 0 Å². The largest absolute Gasteiger partial charge is 0.493 e. The summed E-state index contributed by atoms with van der Waals surface area (Å²) in [7, 11) is 2.80. The molecule has 0 radical (unpaired) electrons. The van der Waals surface area contributed by atoms with Crippen molar-refractivity contribution in [1.29, 1.82) is 0 Å². The number of nitrogens with zero attached hydrogens (tertiary/aromatic N) is 2. The molecule has 268 valence electrons. The molecule has 4 aromatic rings. The average molecular weight is 868 g/mol. The lowest BCUT2D eigenvalue weighted by Gasteiger charge is -2.25. The van der Waals surface area contributed by atoms with Crippen molar-refractivity contribution in [2.75, 3.05) is 34.0 Å². The number of benzene rings is 3. The van der Waals surface area contributed by atoms with Crippen molar-refractivity contribution in [3.8, 4) is 23.0 Å². The van der Waals surface area contributed by atoms with E-state index < -0.39 is 18.0 Å². The van der Waals surface area contributed by atoms with Crippen LogP contribution in [0.25, 0.3) is 6.08 Å². The van der Waals surface area contributed by atoms with Crippen LogP contribution in [-0.4, -0.2) is 50.5 Å². The molecule has 0 saturated carbocycles. The molecule has 1 aromatic heterocycles. The minimum atomic E-state index is -0.900. The normalized spacial score (nSPS) is 14.0. The summed E-state index contributed by atoms with van der Waals surface area (Å²) in [6, 6.07) is 13.0. The Bertz CT molecular complexity index is 2200. The van der Waals surface area contributed by atoms with E-state index in [4.69, 9.17) is 46.9 Å². The Kier molecular flexibility index (Phi) is 12.7. The molecule has 3 aromatic carbocycles. The van der Waals surface area contributed by atoms with Crippen LogP contribution >= 0.6 is 57.1 Å². The van der Waals surface area contributed by atoms with E-state index in [1.165, 1.54) is 30.1 Å². The molecule has 1 aliphatic rings. The molecule has 0 spiro atoms. The number of esters is 2. The SMILES string of the molecule is CCOC(=O)C1=C(C)N=c2s/c(=C\c3cc(I)c(OCc4ccc(Cl)c(Cl)c4)c(OC)c3)c(=O)n2[C@H]1c1ccc(OCC(=O)OC)c(OCC)c1. The second kappa shape index (κ2) is 17.0. The van der Waals surface area contributed by atoms with E-state index in [2.05, 4.69) is 32.3 Å². The number of hydrogen-bond donors (Lipinski definition) is 0. The van der Waals surface area contributed by atoms with Crippen molar-refractivity contribution in [2.24, 2.45) is 4.99 Å². The van der Waals surface area contributed by atoms with E-state index in [0.717, 1.165) is 9.13 Å². The Balaban J connectivity index is 1.58. The first kappa shape index (κ1) is 38.2. The lowest BCUT2D eigenvalue weighted by atomic mass is 9.95. The van der Waals surface area contributed by atoms with Crippen molar-refractivity contribution in [1.82, 2.24) is 4.57 Å². The van der Waals surface area contributed by atoms with Crippen molar-refractivity contribution in [3.63, 3.8) is 0 Å². The molecule has 0 bridgehead atoms. The molecule has 15 heteroatoms. The van der Waals surface area contributed by atoms with Gasteiger partial charge < -0.3 is 28.4 Å². The summed E-state index contributed by atoms with van der Waals surface area (Å²) in [4.78, 5) is 44.5. The van der Waals surface area contributed by atoms with Gasteiger partial charge in [0.15, 0.2) is 34.4 Å². The zero-order chi connectivity index (χ0) is 36.8. The van der Waals surface area contributed by atoms with Crippen molar-refractivity contribution in [2.45, 2.75) is 33.4 Å². The maximum atomic E-state index is 14.3. The highest BCUT2D eigenvalue weighted by Gasteiger charge is 2.34. The highest BCUT2D eigenvalue weighted by molar-refractivity contribution is 14.1. The molecule has 0 aliphatic carbocycles. The Labute approximate surface area is 321 Å². The number of rotatable bonds is 13. The van der Waals surface area contributed by atoms with Gasteiger partial charge in [-0.15, -0.1) is 0 Å². The topological polar surface area (TPSA) is 124 Å². The first-order valence-corrected chi connectivity index (χ1v) is 18.2. The van der Waals surface area contributed by atoms with Crippen LogP contribution in [0.3, 0.4) is 0 Å². The predicted molar refractivity (Wildman–Crippen MR) is 202 cm³/mol. The fraction of sp³-hybridized carbons (Fsp3) is 0.278. The third-order valence-electron chi connectivity index (χ3n) is 7.59. The summed E-state index contributed by atoms with van der Waals surface area (Å²) in [5, 5.41) is 0.885. The second-order valence-corrected chi connectivity index (χ2v) is 13.9. The lowest BCUT2D eigenvalue weighted by molar-refractivity contribution is -0.143. The number of carbonyl (C=O) groups excluding carboxylic acids is 2. The number of fused-ring (bicyclic) bond motifs is 1. The van der Waals surface area contributed by atoms with E-state index in [-0.39, 0.29) is 31.0 Å². The van der Waals surface area contributed by atoms with E-state index in [9.17, 15) is 14.4 Å². The van der Waals surface area contributed by atoms with Crippen LogP contribution in [0.2, 0.25) is 10.0 Å². The fourth-order valence-corrected chi connectivity index (χ4v) is 7.43. The molecular formula is C36H33Cl2IN2O9S. The summed E-state index contributed by atoms with van der Waals surface area (Å²) in [5.41, 5.74) is 2.32. The number of thiazole rings is 1. The van der Waals surface area contributed by atoms with Crippen LogP contribution in [0.1, 0.15) is 43.5 Å². The average Bonchev–Trinajstić information content (AvgIpc) is 3.41. The first-order valence-electron chi connectivity index (χ1n) is 15.6. The van der Waals surface area contributed by atoms with Gasteiger partial charge in [-0.3, -0.25) is 9.36 Å². The maximum absolute atomic E-state index is 14.3. The van der Waals surface area contributed by atoms with Gasteiger partial charge in [-0.05, 0) is 103 Å². The van der Waals surface area contributed by atoms with Crippen LogP contribution in [0, 0.1) is 3.57 Å². The molecule has 0 N–H and O–H groups in total. The smallest absolute Gasteiger partial charge is 0.343 e. The zero-order valence-electron chi connectivity index (χ0n) is 28.2. The van der Waals surface area contributed by atoms with E-state index in [1.807, 2.05) is 12.1 Å². The summed E-state index contributed by atoms with van der Waals surface area (Å²) in [6.45, 7) is 5.54. The van der Waals surface area contributed by atoms with Crippen molar-refractivity contribution < 1.29 is 38.0 Å². The van der Waals surface area contributed by atoms with Gasteiger partial charge in [0.25, 0.3) is 5.56 Å². The molecule has 51 heavy (non-hydrogen) atoms. The summed E-state index contributed by atoms with van der Waals surface area (Å²) >= 11 is 15.6. The number of halogens is 3. The highest BCUT2D eigenvalue weighted by Crippen LogP contribution is 2.37. The number of allylic oxidation sites excluding steroid dienone is 1. The molecule has 0 fully saturated rings. The van der Waals surface area contributed by atoms with E-state index in [0.29, 0.717) is 65.8 Å². The molecule has 11 nitrogen and oxygen atoms in total. The molecule has 1 atom stereocenters. The zero-order valence-corrected chi connectivity index (χ0v) is 32.7. The van der Waals surface area contributed by atoms with Crippen LogP contribution in [-0.2, 0) is 25.7 Å². The summed E-state index contributed by atoms with van der Waals surface area (Å²) < 4.78 is 36.0. The van der Waals surface area contributed by atoms with Gasteiger partial charge in [-0.25, -0.2) is 14.6 Å². The molecule has 0 unspecified atom stereocenters. The standard InChI is InChI=1S/C36H33Cl2IN2O9S/c1-6-47-27-16-22(9-11-26(27)49-18-30(42)46-5)32-31(35(44)48-7-2)19(3)40-36-41(32)34(43)29(51-36)15-21-13-25(39)33(28(14-21)45-4)50-17-20-8-10-23(37)24(38)12-20/h8-16,32H,6-7,17-18H2,1-5H3/b29-15-/t32-/m0/s1. The second-order valence-electron chi connectivity index (χ2n) is 10.9. The molecule has 0 amide bonds. The van der Waals surface area contributed by atoms with Crippen LogP contribution in [0.5, 0.6) is 23.0 Å². The predicted octanol–water partition coefficient (Wildman–Crippen LogP) is 6.25. The Hall–Kier alpha value is -4.05. The number of hydrogen-bond acceptors (Lipinski definition) is 11. The molecule has 5 rings (SSSR count). The van der Waals surface area contributed by atoms with Crippen LogP contribution in [0.4, 0.5) is 0 Å². The van der Waals surface area contributed by atoms with Gasteiger partial charge >= 0.3 is 11.9 Å². The molecule has 2 heterocycles. The third kappa shape index (κ3) is 8.54. The monoisotopic (exact) mass is 866 g/mol. The molecular weight excluding hydrogens is 834 g/mol. The maximum Gasteiger partial charge on any atom is 0.343 e. The van der Waals surface area contributed by atoms with Crippen molar-refractivity contribution in [3.05, 3.63) is 110 Å². The summed E-state index contributed by atoms with van der Waals surface area (Å²) in [5.74, 6) is 0.456. The quantitative estimate of drug-likeness (QED) is 0.113. The Morgan fingerprint density at radius 1 is 0.961 bits per heavy atom. The lowest BCUT2D eigenvalue weighted by Crippen LogP contribution is -2.40. The third-order valence-corrected chi connectivity index (χ3v) is 10.1. The minimum Gasteiger partial charge on any atom is -0.493 e. The highest BCUT2D eigenvalue weighted by atomic mass is 127. The van der Waals surface area contributed by atoms with Crippen LogP contribution < -0.4 is 33.8 Å².